The van der Waals surface area contributed by atoms with Crippen LogP contribution in [0.5, 0.6) is 0 Å². The second kappa shape index (κ2) is 2.58. The average Bonchev–Trinajstić information content (AvgIpc) is 2.49. The molecular weight excluding hydrogens is 159 g/mol. The molecule has 6 heteroatoms. The molecule has 0 aromatic carbocycles. The van der Waals surface area contributed by atoms with Crippen LogP contribution in [0.2, 0.25) is 0 Å². The van der Waals surface area contributed by atoms with E-state index in [9.17, 15) is 0 Å². The van der Waals surface area contributed by atoms with E-state index >= 15 is 0 Å². The van der Waals surface area contributed by atoms with Crippen molar-refractivity contribution in [1.82, 2.24) is 9.97 Å². The second-order valence-corrected chi connectivity index (χ2v) is 2.32. The summed E-state index contributed by atoms with van der Waals surface area (Å²) in [5, 5.41) is 17.6. The lowest BCUT2D eigenvalue weighted by atomic mass is 9.82. The molecule has 2 rings (SSSR count). The molecule has 60 valence electrons. The van der Waals surface area contributed by atoms with Crippen molar-refractivity contribution in [3.05, 3.63) is 18.7 Å². The van der Waals surface area contributed by atoms with E-state index in [0.29, 0.717) is 16.7 Å². The fourth-order valence-electron chi connectivity index (χ4n) is 0.914. The Morgan fingerprint density at radius 3 is 2.92 bits per heavy atom. The Morgan fingerprint density at radius 2 is 2.17 bits per heavy atom. The van der Waals surface area contributed by atoms with Gasteiger partial charge in [0.25, 0.3) is 0 Å². The highest BCUT2D eigenvalue weighted by molar-refractivity contribution is 6.58. The van der Waals surface area contributed by atoms with Crippen molar-refractivity contribution in [1.29, 1.82) is 0 Å². The van der Waals surface area contributed by atoms with Gasteiger partial charge < -0.3 is 14.5 Å². The van der Waals surface area contributed by atoms with Gasteiger partial charge in [-0.25, -0.2) is 9.97 Å². The van der Waals surface area contributed by atoms with Gasteiger partial charge in [0.15, 0.2) is 6.39 Å². The van der Waals surface area contributed by atoms with E-state index in [1.54, 1.807) is 0 Å². The van der Waals surface area contributed by atoms with Gasteiger partial charge in [0.2, 0.25) is 5.71 Å². The summed E-state index contributed by atoms with van der Waals surface area (Å²) in [7, 11) is -1.52. The topological polar surface area (TPSA) is 79.4 Å². The number of oxazole rings is 1. The van der Waals surface area contributed by atoms with Crippen LogP contribution in [-0.2, 0) is 0 Å². The molecule has 0 saturated heterocycles. The van der Waals surface area contributed by atoms with E-state index in [-0.39, 0.29) is 0 Å². The molecule has 0 aliphatic heterocycles. The standard InChI is InChI=1S/C6H5BN2O3/c10-7(11)4-1-5-6(8-2-4)12-3-9-5/h1-3,10-11H. The van der Waals surface area contributed by atoms with Crippen molar-refractivity contribution >= 4 is 23.8 Å². The summed E-state index contributed by atoms with van der Waals surface area (Å²) in [6.07, 6.45) is 2.59. The lowest BCUT2D eigenvalue weighted by molar-refractivity contribution is 0.425. The molecule has 0 amide bonds. The molecule has 2 aromatic heterocycles. The molecule has 5 nitrogen and oxygen atoms in total. The van der Waals surface area contributed by atoms with E-state index in [4.69, 9.17) is 14.5 Å². The Labute approximate surface area is 67.8 Å². The van der Waals surface area contributed by atoms with Crippen LogP contribution in [0.4, 0.5) is 0 Å². The van der Waals surface area contributed by atoms with Crippen LogP contribution in [0.15, 0.2) is 23.1 Å². The highest BCUT2D eigenvalue weighted by atomic mass is 16.4. The number of rotatable bonds is 1. The zero-order valence-electron chi connectivity index (χ0n) is 6.01. The van der Waals surface area contributed by atoms with Crippen LogP contribution in [0, 0.1) is 0 Å². The molecular formula is C6H5BN2O3. The van der Waals surface area contributed by atoms with E-state index in [0.717, 1.165) is 0 Å². The largest absolute Gasteiger partial charge is 0.490 e. The monoisotopic (exact) mass is 164 g/mol. The Kier molecular flexibility index (Phi) is 1.56. The van der Waals surface area contributed by atoms with Crippen LogP contribution >= 0.6 is 0 Å². The van der Waals surface area contributed by atoms with Gasteiger partial charge in [0, 0.05) is 11.7 Å². The predicted molar refractivity (Wildman–Crippen MR) is 41.6 cm³/mol. The first kappa shape index (κ1) is 7.26. The third-order valence-electron chi connectivity index (χ3n) is 1.51. The maximum Gasteiger partial charge on any atom is 0.490 e. The van der Waals surface area contributed by atoms with Gasteiger partial charge in [-0.1, -0.05) is 0 Å². The molecule has 2 aromatic rings. The normalized spacial score (nSPS) is 10.5. The summed E-state index contributed by atoms with van der Waals surface area (Å²) in [4.78, 5) is 7.62. The Bertz CT molecular complexity index is 400. The van der Waals surface area contributed by atoms with Crippen LogP contribution in [-0.4, -0.2) is 27.1 Å². The van der Waals surface area contributed by atoms with Crippen molar-refractivity contribution in [3.63, 3.8) is 0 Å². The van der Waals surface area contributed by atoms with Gasteiger partial charge in [-0.3, -0.25) is 0 Å². The van der Waals surface area contributed by atoms with Crippen LogP contribution in [0.3, 0.4) is 0 Å². The fourth-order valence-corrected chi connectivity index (χ4v) is 0.914. The van der Waals surface area contributed by atoms with Gasteiger partial charge in [-0.2, -0.15) is 0 Å². The Hall–Kier alpha value is -1.40. The average molecular weight is 164 g/mol. The van der Waals surface area contributed by atoms with Crippen LogP contribution < -0.4 is 5.46 Å². The molecule has 0 aliphatic rings. The lowest BCUT2D eigenvalue weighted by Gasteiger charge is -1.95. The molecule has 0 atom stereocenters. The fraction of sp³-hybridized carbons (Fsp3) is 0. The van der Waals surface area contributed by atoms with Gasteiger partial charge in [0.05, 0.1) is 0 Å². The first-order valence-electron chi connectivity index (χ1n) is 3.32. The highest BCUT2D eigenvalue weighted by Gasteiger charge is 2.12. The third kappa shape index (κ3) is 1.07. The van der Waals surface area contributed by atoms with Crippen molar-refractivity contribution in [2.24, 2.45) is 0 Å². The molecule has 0 spiro atoms. The molecule has 0 aliphatic carbocycles. The number of aromatic nitrogens is 2. The zero-order valence-corrected chi connectivity index (χ0v) is 6.01. The first-order chi connectivity index (χ1) is 5.77. The van der Waals surface area contributed by atoms with Gasteiger partial charge >= 0.3 is 7.12 Å². The predicted octanol–water partition coefficient (Wildman–Crippen LogP) is -1.10. The smallest absolute Gasteiger partial charge is 0.425 e. The molecule has 0 bridgehead atoms. The quantitative estimate of drug-likeness (QED) is 0.523. The Morgan fingerprint density at radius 1 is 1.33 bits per heavy atom. The SMILES string of the molecule is OB(O)c1cnc2ocnc2c1. The highest BCUT2D eigenvalue weighted by Crippen LogP contribution is 2.05. The summed E-state index contributed by atoms with van der Waals surface area (Å²) in [5.41, 5.74) is 1.21. The Balaban J connectivity index is 2.60. The molecule has 0 saturated carbocycles. The van der Waals surface area contributed by atoms with Gasteiger partial charge in [-0.05, 0) is 6.07 Å². The van der Waals surface area contributed by atoms with E-state index < -0.39 is 7.12 Å². The van der Waals surface area contributed by atoms with Crippen molar-refractivity contribution in [2.75, 3.05) is 0 Å². The molecule has 12 heavy (non-hydrogen) atoms. The van der Waals surface area contributed by atoms with Crippen LogP contribution in [0.25, 0.3) is 11.2 Å². The lowest BCUT2D eigenvalue weighted by Crippen LogP contribution is -2.29. The maximum absolute atomic E-state index is 8.78. The number of nitrogens with zero attached hydrogens (tertiary/aromatic N) is 2. The van der Waals surface area contributed by atoms with E-state index in [2.05, 4.69) is 9.97 Å². The van der Waals surface area contributed by atoms with Crippen molar-refractivity contribution in [3.8, 4) is 0 Å². The summed E-state index contributed by atoms with van der Waals surface area (Å²) in [6.45, 7) is 0. The van der Waals surface area contributed by atoms with Crippen LogP contribution in [0.1, 0.15) is 0 Å². The minimum absolute atomic E-state index is 0.302. The van der Waals surface area contributed by atoms with E-state index in [1.165, 1.54) is 18.7 Å². The summed E-state index contributed by atoms with van der Waals surface area (Å²) in [5.74, 6) is 0. The first-order valence-corrected chi connectivity index (χ1v) is 3.32. The van der Waals surface area contributed by atoms with Crippen molar-refractivity contribution in [2.45, 2.75) is 0 Å². The summed E-state index contributed by atoms with van der Waals surface area (Å²) >= 11 is 0. The number of fused-ring (bicyclic) bond motifs is 1. The molecule has 0 fully saturated rings. The maximum atomic E-state index is 8.78. The number of hydrogen-bond acceptors (Lipinski definition) is 5. The minimum atomic E-state index is -1.52. The number of hydrogen-bond donors (Lipinski definition) is 2. The van der Waals surface area contributed by atoms with Crippen molar-refractivity contribution < 1.29 is 14.5 Å². The minimum Gasteiger partial charge on any atom is -0.425 e. The number of pyridine rings is 1. The summed E-state index contributed by atoms with van der Waals surface area (Å²) in [6, 6.07) is 1.51. The molecule has 0 radical (unpaired) electrons. The van der Waals surface area contributed by atoms with Gasteiger partial charge in [-0.15, -0.1) is 0 Å². The van der Waals surface area contributed by atoms with E-state index in [1.807, 2.05) is 0 Å². The third-order valence-corrected chi connectivity index (χ3v) is 1.51. The summed E-state index contributed by atoms with van der Waals surface area (Å²) < 4.78 is 4.87. The zero-order chi connectivity index (χ0) is 8.55. The second-order valence-electron chi connectivity index (χ2n) is 2.32. The molecule has 2 heterocycles. The molecule has 0 unspecified atom stereocenters. The molecule has 2 N–H and O–H groups in total. The van der Waals surface area contributed by atoms with Gasteiger partial charge in [0.1, 0.15) is 5.52 Å².